The minimum absolute atomic E-state index is 0.677. The summed E-state index contributed by atoms with van der Waals surface area (Å²) in [6.45, 7) is 0. The molecule has 1 heterocycles. The second-order valence-corrected chi connectivity index (χ2v) is 5.79. The first-order valence-electron chi connectivity index (χ1n) is 6.26. The van der Waals surface area contributed by atoms with Gasteiger partial charge in [-0.1, -0.05) is 0 Å². The number of aromatic nitrogens is 1. The van der Waals surface area contributed by atoms with E-state index >= 15 is 0 Å². The van der Waals surface area contributed by atoms with Gasteiger partial charge in [0.1, 0.15) is 5.01 Å². The molecule has 3 nitrogen and oxygen atoms in total. The Kier molecular flexibility index (Phi) is 3.13. The molecule has 4 heteroatoms. The Balaban J connectivity index is 2.03. The number of rotatable bonds is 2. The second kappa shape index (κ2) is 4.95. The summed E-state index contributed by atoms with van der Waals surface area (Å²) in [5, 5.41) is 9.92. The van der Waals surface area contributed by atoms with Crippen molar-refractivity contribution in [1.29, 1.82) is 5.26 Å². The Bertz CT molecular complexity index is 795. The minimum Gasteiger partial charge on any atom is -0.378 e. The molecule has 98 valence electrons. The summed E-state index contributed by atoms with van der Waals surface area (Å²) >= 11 is 1.62. The van der Waals surface area contributed by atoms with Crippen molar-refractivity contribution in [2.45, 2.75) is 0 Å². The van der Waals surface area contributed by atoms with Crippen LogP contribution in [0.1, 0.15) is 5.56 Å². The van der Waals surface area contributed by atoms with E-state index in [1.54, 1.807) is 17.4 Å². The van der Waals surface area contributed by atoms with Gasteiger partial charge in [0.05, 0.1) is 21.8 Å². The molecule has 0 atom stereocenters. The highest BCUT2D eigenvalue weighted by Gasteiger charge is 2.07. The average molecular weight is 279 g/mol. The first kappa shape index (κ1) is 12.6. The maximum Gasteiger partial charge on any atom is 0.124 e. The topological polar surface area (TPSA) is 39.9 Å². The lowest BCUT2D eigenvalue weighted by atomic mass is 10.2. The molecule has 0 aliphatic rings. The van der Waals surface area contributed by atoms with E-state index in [1.807, 2.05) is 26.2 Å². The number of thiazole rings is 1. The van der Waals surface area contributed by atoms with Crippen molar-refractivity contribution in [2.24, 2.45) is 0 Å². The molecule has 2 aromatic carbocycles. The summed E-state index contributed by atoms with van der Waals surface area (Å²) in [4.78, 5) is 6.70. The van der Waals surface area contributed by atoms with Gasteiger partial charge in [0.25, 0.3) is 0 Å². The molecule has 1 aromatic heterocycles. The number of fused-ring (bicyclic) bond motifs is 1. The van der Waals surface area contributed by atoms with Crippen LogP contribution in [0.5, 0.6) is 0 Å². The van der Waals surface area contributed by atoms with E-state index in [4.69, 9.17) is 5.26 Å². The van der Waals surface area contributed by atoms with Gasteiger partial charge in [-0.25, -0.2) is 4.98 Å². The summed E-state index contributed by atoms with van der Waals surface area (Å²) in [6, 6.07) is 16.1. The molecule has 0 saturated heterocycles. The van der Waals surface area contributed by atoms with Crippen LogP contribution in [0.15, 0.2) is 42.5 Å². The fraction of sp³-hybridized carbons (Fsp3) is 0.125. The molecular weight excluding hydrogens is 266 g/mol. The number of hydrogen-bond donors (Lipinski definition) is 0. The second-order valence-electron chi connectivity index (χ2n) is 4.75. The van der Waals surface area contributed by atoms with Crippen LogP contribution in [-0.4, -0.2) is 19.1 Å². The highest BCUT2D eigenvalue weighted by molar-refractivity contribution is 7.21. The largest absolute Gasteiger partial charge is 0.378 e. The van der Waals surface area contributed by atoms with Gasteiger partial charge >= 0.3 is 0 Å². The van der Waals surface area contributed by atoms with Crippen molar-refractivity contribution in [3.05, 3.63) is 48.0 Å². The summed E-state index contributed by atoms with van der Waals surface area (Å²) < 4.78 is 1.05. The zero-order valence-corrected chi connectivity index (χ0v) is 12.1. The van der Waals surface area contributed by atoms with E-state index in [9.17, 15) is 0 Å². The highest BCUT2D eigenvalue weighted by atomic mass is 32.1. The van der Waals surface area contributed by atoms with Gasteiger partial charge in [0.2, 0.25) is 0 Å². The van der Waals surface area contributed by atoms with Gasteiger partial charge in [0, 0.05) is 25.3 Å². The lowest BCUT2D eigenvalue weighted by Crippen LogP contribution is -2.07. The fourth-order valence-corrected chi connectivity index (χ4v) is 3.03. The lowest BCUT2D eigenvalue weighted by molar-refractivity contribution is 1.13. The van der Waals surface area contributed by atoms with Crippen molar-refractivity contribution >= 4 is 27.2 Å². The molecular formula is C16H13N3S. The van der Waals surface area contributed by atoms with Crippen molar-refractivity contribution in [1.82, 2.24) is 4.98 Å². The highest BCUT2D eigenvalue weighted by Crippen LogP contribution is 2.31. The maximum absolute atomic E-state index is 8.93. The molecule has 0 bridgehead atoms. The van der Waals surface area contributed by atoms with Crippen LogP contribution in [0.2, 0.25) is 0 Å². The summed E-state index contributed by atoms with van der Waals surface area (Å²) in [5.74, 6) is 0. The Labute approximate surface area is 121 Å². The summed E-state index contributed by atoms with van der Waals surface area (Å²) in [5.41, 5.74) is 3.90. The predicted molar refractivity (Wildman–Crippen MR) is 84.1 cm³/mol. The smallest absolute Gasteiger partial charge is 0.124 e. The molecule has 0 aliphatic heterocycles. The van der Waals surface area contributed by atoms with Crippen LogP contribution < -0.4 is 4.90 Å². The quantitative estimate of drug-likeness (QED) is 0.714. The summed E-state index contributed by atoms with van der Waals surface area (Å²) in [6.07, 6.45) is 0. The van der Waals surface area contributed by atoms with Gasteiger partial charge in [0.15, 0.2) is 0 Å². The van der Waals surface area contributed by atoms with Crippen LogP contribution in [-0.2, 0) is 0 Å². The molecule has 0 aliphatic carbocycles. The van der Waals surface area contributed by atoms with Crippen LogP contribution >= 0.6 is 11.3 Å². The first-order valence-corrected chi connectivity index (χ1v) is 7.07. The van der Waals surface area contributed by atoms with Gasteiger partial charge in [-0.15, -0.1) is 11.3 Å². The van der Waals surface area contributed by atoms with Gasteiger partial charge in [-0.05, 0) is 42.5 Å². The van der Waals surface area contributed by atoms with Crippen LogP contribution in [0, 0.1) is 11.3 Å². The Morgan fingerprint density at radius 3 is 2.50 bits per heavy atom. The number of hydrogen-bond acceptors (Lipinski definition) is 4. The zero-order valence-electron chi connectivity index (χ0n) is 11.3. The molecule has 3 rings (SSSR count). The van der Waals surface area contributed by atoms with Gasteiger partial charge in [-0.2, -0.15) is 5.26 Å². The van der Waals surface area contributed by atoms with Crippen LogP contribution in [0.3, 0.4) is 0 Å². The third-order valence-electron chi connectivity index (χ3n) is 3.15. The first-order chi connectivity index (χ1) is 9.67. The van der Waals surface area contributed by atoms with E-state index in [2.05, 4.69) is 40.2 Å². The molecule has 0 amide bonds. The predicted octanol–water partition coefficient (Wildman–Crippen LogP) is 3.90. The van der Waals surface area contributed by atoms with E-state index < -0.39 is 0 Å². The molecule has 0 spiro atoms. The molecule has 0 N–H and O–H groups in total. The van der Waals surface area contributed by atoms with Gasteiger partial charge in [-0.3, -0.25) is 0 Å². The average Bonchev–Trinajstić information content (AvgIpc) is 2.90. The number of nitrogens with zero attached hydrogens (tertiary/aromatic N) is 3. The molecule has 0 radical (unpaired) electrons. The SMILES string of the molecule is CN(C)c1ccc(-c2nc3ccc(C#N)cc3s2)cc1. The van der Waals surface area contributed by atoms with E-state index in [1.165, 1.54) is 5.69 Å². The standard InChI is InChI=1S/C16H13N3S/c1-19(2)13-6-4-12(5-7-13)16-18-14-8-3-11(10-17)9-15(14)20-16/h3-9H,1-2H3. The summed E-state index contributed by atoms with van der Waals surface area (Å²) in [7, 11) is 4.05. The molecule has 0 saturated carbocycles. The fourth-order valence-electron chi connectivity index (χ4n) is 2.02. The lowest BCUT2D eigenvalue weighted by Gasteiger charge is -2.11. The van der Waals surface area contributed by atoms with E-state index in [-0.39, 0.29) is 0 Å². The van der Waals surface area contributed by atoms with E-state index in [0.717, 1.165) is 20.8 Å². The molecule has 20 heavy (non-hydrogen) atoms. The van der Waals surface area contributed by atoms with Crippen molar-refractivity contribution in [2.75, 3.05) is 19.0 Å². The number of nitriles is 1. The third-order valence-corrected chi connectivity index (χ3v) is 4.22. The Morgan fingerprint density at radius 1 is 1.10 bits per heavy atom. The minimum atomic E-state index is 0.677. The van der Waals surface area contributed by atoms with Crippen LogP contribution in [0.4, 0.5) is 5.69 Å². The Morgan fingerprint density at radius 2 is 1.85 bits per heavy atom. The third kappa shape index (κ3) is 2.24. The van der Waals surface area contributed by atoms with Crippen molar-refractivity contribution in [3.8, 4) is 16.6 Å². The van der Waals surface area contributed by atoms with Crippen molar-refractivity contribution in [3.63, 3.8) is 0 Å². The Hall–Kier alpha value is -2.38. The maximum atomic E-state index is 8.93. The molecule has 0 unspecified atom stereocenters. The van der Waals surface area contributed by atoms with Gasteiger partial charge < -0.3 is 4.90 Å². The van der Waals surface area contributed by atoms with Crippen LogP contribution in [0.25, 0.3) is 20.8 Å². The monoisotopic (exact) mass is 279 g/mol. The van der Waals surface area contributed by atoms with E-state index in [0.29, 0.717) is 5.56 Å². The number of anilines is 1. The molecule has 3 aromatic rings. The normalized spacial score (nSPS) is 10.4. The number of benzene rings is 2. The molecule has 0 fully saturated rings. The van der Waals surface area contributed by atoms with Crippen molar-refractivity contribution < 1.29 is 0 Å². The zero-order chi connectivity index (χ0) is 14.1.